The van der Waals surface area contributed by atoms with Crippen molar-refractivity contribution in [2.24, 2.45) is 0 Å². The van der Waals surface area contributed by atoms with Crippen molar-refractivity contribution in [1.29, 1.82) is 0 Å². The Hall–Kier alpha value is -2.13. The Kier molecular flexibility index (Phi) is 4.25. The van der Waals surface area contributed by atoms with E-state index in [-0.39, 0.29) is 0 Å². The third-order valence-corrected chi connectivity index (χ3v) is 4.23. The first-order chi connectivity index (χ1) is 10.7. The van der Waals surface area contributed by atoms with E-state index in [2.05, 4.69) is 54.8 Å². The summed E-state index contributed by atoms with van der Waals surface area (Å²) in [5.74, 6) is 0.898. The Morgan fingerprint density at radius 1 is 0.773 bits per heavy atom. The van der Waals surface area contributed by atoms with Gasteiger partial charge in [-0.3, -0.25) is 0 Å². The number of furan rings is 1. The van der Waals surface area contributed by atoms with Gasteiger partial charge in [-0.2, -0.15) is 0 Å². The predicted octanol–water partition coefficient (Wildman–Crippen LogP) is 5.40. The van der Waals surface area contributed by atoms with Crippen molar-refractivity contribution in [3.05, 3.63) is 60.7 Å². The van der Waals surface area contributed by atoms with Gasteiger partial charge in [0, 0.05) is 19.7 Å². The Morgan fingerprint density at radius 3 is 1.73 bits per heavy atom. The Morgan fingerprint density at radius 2 is 1.27 bits per heavy atom. The summed E-state index contributed by atoms with van der Waals surface area (Å²) in [7, 11) is 4.04. The highest BCUT2D eigenvalue weighted by Crippen LogP contribution is 2.46. The minimum atomic E-state index is 0.898. The molecular formula is C19H19NOS. The van der Waals surface area contributed by atoms with E-state index in [0.717, 1.165) is 16.5 Å². The zero-order valence-electron chi connectivity index (χ0n) is 13.0. The highest BCUT2D eigenvalue weighted by atomic mass is 32.2. The summed E-state index contributed by atoms with van der Waals surface area (Å²) < 4.78 is 6.15. The van der Waals surface area contributed by atoms with Crippen LogP contribution in [-0.2, 0) is 0 Å². The lowest BCUT2D eigenvalue weighted by atomic mass is 9.98. The summed E-state index contributed by atoms with van der Waals surface area (Å²) in [4.78, 5) is 2.04. The molecule has 2 aromatic carbocycles. The molecule has 0 aliphatic rings. The van der Waals surface area contributed by atoms with E-state index in [4.69, 9.17) is 4.42 Å². The normalized spacial score (nSPS) is 10.7. The number of hydrogen-bond acceptors (Lipinski definition) is 3. The first-order valence-electron chi connectivity index (χ1n) is 7.21. The average molecular weight is 309 g/mol. The van der Waals surface area contributed by atoms with Gasteiger partial charge in [0.25, 0.3) is 0 Å². The molecule has 112 valence electrons. The predicted molar refractivity (Wildman–Crippen MR) is 95.7 cm³/mol. The first kappa shape index (κ1) is 14.8. The molecule has 0 unspecified atom stereocenters. The van der Waals surface area contributed by atoms with E-state index >= 15 is 0 Å². The van der Waals surface area contributed by atoms with Gasteiger partial charge in [0.15, 0.2) is 5.09 Å². The van der Waals surface area contributed by atoms with E-state index in [1.807, 2.05) is 31.1 Å². The van der Waals surface area contributed by atoms with Gasteiger partial charge >= 0.3 is 0 Å². The zero-order chi connectivity index (χ0) is 15.5. The van der Waals surface area contributed by atoms with Gasteiger partial charge in [-0.1, -0.05) is 72.4 Å². The molecule has 3 aromatic rings. The van der Waals surface area contributed by atoms with Gasteiger partial charge in [-0.05, 0) is 17.4 Å². The summed E-state index contributed by atoms with van der Waals surface area (Å²) in [5.41, 5.74) is 4.68. The molecular weight excluding hydrogens is 290 g/mol. The number of nitrogens with zero attached hydrogens (tertiary/aromatic N) is 1. The topological polar surface area (TPSA) is 16.4 Å². The Bertz CT molecular complexity index is 748. The Labute approximate surface area is 135 Å². The van der Waals surface area contributed by atoms with Gasteiger partial charge in [-0.15, -0.1) is 0 Å². The van der Waals surface area contributed by atoms with E-state index in [9.17, 15) is 0 Å². The molecule has 0 radical (unpaired) electrons. The molecule has 3 rings (SSSR count). The fraction of sp³-hybridized carbons (Fsp3) is 0.158. The summed E-state index contributed by atoms with van der Waals surface area (Å²) in [5, 5.41) is 0.953. The van der Waals surface area contributed by atoms with Gasteiger partial charge in [0.2, 0.25) is 5.88 Å². The highest BCUT2D eigenvalue weighted by Gasteiger charge is 2.23. The minimum Gasteiger partial charge on any atom is -0.433 e. The maximum Gasteiger partial charge on any atom is 0.205 e. The summed E-state index contributed by atoms with van der Waals surface area (Å²) in [6, 6.07) is 20.9. The SMILES string of the molecule is CSc1oc(N(C)C)c(-c2ccccc2)c1-c1ccccc1. The second-order valence-corrected chi connectivity index (χ2v) is 6.05. The van der Waals surface area contributed by atoms with Crippen LogP contribution in [0.15, 0.2) is 70.2 Å². The van der Waals surface area contributed by atoms with Crippen LogP contribution in [0.5, 0.6) is 0 Å². The highest BCUT2D eigenvalue weighted by molar-refractivity contribution is 7.98. The van der Waals surface area contributed by atoms with Crippen LogP contribution < -0.4 is 4.90 Å². The van der Waals surface area contributed by atoms with E-state index < -0.39 is 0 Å². The molecule has 0 aliphatic heterocycles. The van der Waals surface area contributed by atoms with Crippen molar-refractivity contribution >= 4 is 17.6 Å². The smallest absolute Gasteiger partial charge is 0.205 e. The van der Waals surface area contributed by atoms with Crippen molar-refractivity contribution < 1.29 is 4.42 Å². The van der Waals surface area contributed by atoms with E-state index in [1.54, 1.807) is 11.8 Å². The molecule has 1 heterocycles. The molecule has 2 nitrogen and oxygen atoms in total. The summed E-state index contributed by atoms with van der Waals surface area (Å²) in [6.45, 7) is 0. The molecule has 3 heteroatoms. The lowest BCUT2D eigenvalue weighted by molar-refractivity contribution is 0.479. The largest absolute Gasteiger partial charge is 0.433 e. The van der Waals surface area contributed by atoms with Crippen LogP contribution in [0.25, 0.3) is 22.3 Å². The maximum absolute atomic E-state index is 6.15. The zero-order valence-corrected chi connectivity index (χ0v) is 13.9. The molecule has 0 bridgehead atoms. The molecule has 0 spiro atoms. The van der Waals surface area contributed by atoms with Crippen LogP contribution >= 0.6 is 11.8 Å². The van der Waals surface area contributed by atoms with Crippen LogP contribution in [0.4, 0.5) is 5.88 Å². The van der Waals surface area contributed by atoms with Crippen molar-refractivity contribution in [2.45, 2.75) is 5.09 Å². The lowest BCUT2D eigenvalue weighted by Crippen LogP contribution is -2.08. The van der Waals surface area contributed by atoms with Crippen molar-refractivity contribution in [1.82, 2.24) is 0 Å². The van der Waals surface area contributed by atoms with E-state index in [1.165, 1.54) is 16.7 Å². The molecule has 0 atom stereocenters. The van der Waals surface area contributed by atoms with E-state index in [0.29, 0.717) is 0 Å². The second kappa shape index (κ2) is 6.32. The number of anilines is 1. The summed E-state index contributed by atoms with van der Waals surface area (Å²) in [6.07, 6.45) is 2.06. The fourth-order valence-corrected chi connectivity index (χ4v) is 3.18. The number of benzene rings is 2. The van der Waals surface area contributed by atoms with Gasteiger partial charge < -0.3 is 9.32 Å². The monoisotopic (exact) mass is 309 g/mol. The second-order valence-electron chi connectivity index (χ2n) is 5.28. The number of thioether (sulfide) groups is 1. The third kappa shape index (κ3) is 2.64. The Balaban J connectivity index is 2.32. The molecule has 0 aliphatic carbocycles. The van der Waals surface area contributed by atoms with Crippen molar-refractivity contribution in [3.63, 3.8) is 0 Å². The first-order valence-corrected chi connectivity index (χ1v) is 8.43. The maximum atomic E-state index is 6.15. The number of hydrogen-bond donors (Lipinski definition) is 0. The van der Waals surface area contributed by atoms with Gasteiger partial charge in [0.1, 0.15) is 0 Å². The van der Waals surface area contributed by atoms with Gasteiger partial charge in [0.05, 0.1) is 5.56 Å². The minimum absolute atomic E-state index is 0.898. The van der Waals surface area contributed by atoms with Crippen molar-refractivity contribution in [3.8, 4) is 22.3 Å². The fourth-order valence-electron chi connectivity index (χ4n) is 2.60. The van der Waals surface area contributed by atoms with Crippen LogP contribution in [0.2, 0.25) is 0 Å². The van der Waals surface area contributed by atoms with Crippen LogP contribution in [0.1, 0.15) is 0 Å². The van der Waals surface area contributed by atoms with Gasteiger partial charge in [-0.25, -0.2) is 0 Å². The molecule has 0 amide bonds. The quantitative estimate of drug-likeness (QED) is 0.600. The van der Waals surface area contributed by atoms with Crippen LogP contribution in [0, 0.1) is 0 Å². The molecule has 0 saturated heterocycles. The molecule has 0 N–H and O–H groups in total. The molecule has 0 saturated carbocycles. The lowest BCUT2D eigenvalue weighted by Gasteiger charge is -2.12. The van der Waals surface area contributed by atoms with Crippen LogP contribution in [-0.4, -0.2) is 20.4 Å². The molecule has 1 aromatic heterocycles. The van der Waals surface area contributed by atoms with Crippen molar-refractivity contribution in [2.75, 3.05) is 25.3 Å². The standard InChI is InChI=1S/C19H19NOS/c1-20(2)18-16(14-10-6-4-7-11-14)17(19(21-18)22-3)15-12-8-5-9-13-15/h4-13H,1-3H3. The average Bonchev–Trinajstić information content (AvgIpc) is 2.96. The van der Waals surface area contributed by atoms with Crippen LogP contribution in [0.3, 0.4) is 0 Å². The molecule has 0 fully saturated rings. The number of rotatable bonds is 4. The molecule has 22 heavy (non-hydrogen) atoms. The summed E-state index contributed by atoms with van der Waals surface area (Å²) >= 11 is 1.64. The third-order valence-electron chi connectivity index (χ3n) is 3.57.